The lowest BCUT2D eigenvalue weighted by Crippen LogP contribution is -2.55. The van der Waals surface area contributed by atoms with E-state index in [9.17, 15) is 9.59 Å². The monoisotopic (exact) mass is 293 g/mol. The van der Waals surface area contributed by atoms with Gasteiger partial charge in [-0.25, -0.2) is 0 Å². The second-order valence-corrected chi connectivity index (χ2v) is 6.48. The first-order valence-corrected chi connectivity index (χ1v) is 8.09. The molecule has 0 aromatic rings. The van der Waals surface area contributed by atoms with Crippen molar-refractivity contribution in [1.29, 1.82) is 0 Å². The minimum Gasteiger partial charge on any atom is -0.340 e. The average molecular weight is 293 g/mol. The third kappa shape index (κ3) is 2.97. The minimum atomic E-state index is -0.711. The molecule has 1 unspecified atom stereocenters. The summed E-state index contributed by atoms with van der Waals surface area (Å²) in [5.41, 5.74) is -0.711. The highest BCUT2D eigenvalue weighted by Gasteiger charge is 2.51. The summed E-state index contributed by atoms with van der Waals surface area (Å²) in [5, 5.41) is 0. The van der Waals surface area contributed by atoms with E-state index in [0.717, 1.165) is 44.5 Å². The lowest BCUT2D eigenvalue weighted by Gasteiger charge is -2.37. The fourth-order valence-electron chi connectivity index (χ4n) is 3.30. The van der Waals surface area contributed by atoms with Crippen LogP contribution in [0.3, 0.4) is 0 Å². The van der Waals surface area contributed by atoms with E-state index in [2.05, 4.69) is 6.92 Å². The molecule has 5 heteroatoms. The van der Waals surface area contributed by atoms with Crippen molar-refractivity contribution < 1.29 is 9.59 Å². The van der Waals surface area contributed by atoms with E-state index in [4.69, 9.17) is 4.99 Å². The van der Waals surface area contributed by atoms with Crippen LogP contribution in [0.2, 0.25) is 0 Å². The van der Waals surface area contributed by atoms with E-state index in [0.29, 0.717) is 6.54 Å². The van der Waals surface area contributed by atoms with Gasteiger partial charge in [-0.3, -0.25) is 19.5 Å². The number of hydrogen-bond acceptors (Lipinski definition) is 3. The number of aliphatic imine (C=N–C) groups is 1. The molecule has 0 aromatic carbocycles. The number of unbranched alkanes of at least 4 members (excludes halogenated alkanes) is 1. The van der Waals surface area contributed by atoms with Crippen molar-refractivity contribution >= 4 is 17.6 Å². The second-order valence-electron chi connectivity index (χ2n) is 6.48. The molecule has 0 N–H and O–H groups in total. The number of amidine groups is 1. The van der Waals surface area contributed by atoms with Gasteiger partial charge in [-0.2, -0.15) is 0 Å². The molecule has 1 fully saturated rings. The highest BCUT2D eigenvalue weighted by molar-refractivity contribution is 6.08. The molecule has 0 aromatic heterocycles. The first kappa shape index (κ1) is 16.0. The van der Waals surface area contributed by atoms with Crippen LogP contribution in [-0.2, 0) is 9.59 Å². The third-order valence-electron chi connectivity index (χ3n) is 4.42. The predicted octanol–water partition coefficient (Wildman–Crippen LogP) is 2.21. The van der Waals surface area contributed by atoms with Crippen LogP contribution in [0.1, 0.15) is 59.8 Å². The molecular weight excluding hydrogens is 266 g/mol. The quantitative estimate of drug-likeness (QED) is 0.798. The molecule has 1 saturated heterocycles. The van der Waals surface area contributed by atoms with Crippen LogP contribution < -0.4 is 0 Å². The minimum absolute atomic E-state index is 0.0372. The number of amides is 2. The van der Waals surface area contributed by atoms with Crippen molar-refractivity contribution in [3.8, 4) is 0 Å². The largest absolute Gasteiger partial charge is 0.340 e. The van der Waals surface area contributed by atoms with Crippen molar-refractivity contribution in [2.24, 2.45) is 4.99 Å². The molecule has 0 aliphatic carbocycles. The van der Waals surface area contributed by atoms with Crippen molar-refractivity contribution in [2.45, 2.75) is 71.4 Å². The van der Waals surface area contributed by atoms with E-state index in [1.807, 2.05) is 18.7 Å². The highest BCUT2D eigenvalue weighted by atomic mass is 16.2. The number of likely N-dealkylation sites (tertiary alicyclic amines) is 1. The average Bonchev–Trinajstić information content (AvgIpc) is 2.69. The summed E-state index contributed by atoms with van der Waals surface area (Å²) in [7, 11) is 0. The van der Waals surface area contributed by atoms with Gasteiger partial charge in [-0.1, -0.05) is 13.3 Å². The molecule has 0 bridgehead atoms. The summed E-state index contributed by atoms with van der Waals surface area (Å²) >= 11 is 0. The maximum Gasteiger partial charge on any atom is 0.257 e. The predicted molar refractivity (Wildman–Crippen MR) is 83.2 cm³/mol. The molecule has 1 atom stereocenters. The Bertz CT molecular complexity index is 458. The fourth-order valence-corrected chi connectivity index (χ4v) is 3.30. The standard InChI is InChI=1S/C16H27N3O2/c1-5-6-8-14-17-16(15(21)19(14)12(2)3)9-7-10-18(11-16)13(4)20/h12H,5-11H2,1-4H3. The lowest BCUT2D eigenvalue weighted by molar-refractivity contribution is -0.138. The molecule has 21 heavy (non-hydrogen) atoms. The first-order chi connectivity index (χ1) is 9.91. The van der Waals surface area contributed by atoms with Gasteiger partial charge in [-0.15, -0.1) is 0 Å². The first-order valence-electron chi connectivity index (χ1n) is 8.09. The van der Waals surface area contributed by atoms with Gasteiger partial charge in [0.05, 0.1) is 6.54 Å². The molecule has 2 rings (SSSR count). The van der Waals surface area contributed by atoms with E-state index < -0.39 is 5.54 Å². The van der Waals surface area contributed by atoms with Crippen LogP contribution in [0, 0.1) is 0 Å². The molecule has 2 aliphatic rings. The van der Waals surface area contributed by atoms with Gasteiger partial charge >= 0.3 is 0 Å². The summed E-state index contributed by atoms with van der Waals surface area (Å²) in [5.74, 6) is 1.05. The third-order valence-corrected chi connectivity index (χ3v) is 4.42. The maximum atomic E-state index is 12.9. The molecule has 2 amide bonds. The molecule has 2 heterocycles. The van der Waals surface area contributed by atoms with Crippen molar-refractivity contribution in [1.82, 2.24) is 9.80 Å². The van der Waals surface area contributed by atoms with Crippen LogP contribution in [0.15, 0.2) is 4.99 Å². The van der Waals surface area contributed by atoms with E-state index in [1.165, 1.54) is 0 Å². The van der Waals surface area contributed by atoms with Crippen molar-refractivity contribution in [3.05, 3.63) is 0 Å². The molecule has 1 spiro atoms. The van der Waals surface area contributed by atoms with Gasteiger partial charge in [0, 0.05) is 25.9 Å². The van der Waals surface area contributed by atoms with Crippen LogP contribution >= 0.6 is 0 Å². The Balaban J connectivity index is 2.28. The fraction of sp³-hybridized carbons (Fsp3) is 0.812. The van der Waals surface area contributed by atoms with Crippen LogP contribution in [0.5, 0.6) is 0 Å². The zero-order chi connectivity index (χ0) is 15.6. The number of hydrogen-bond donors (Lipinski definition) is 0. The van der Waals surface area contributed by atoms with Crippen LogP contribution in [0.25, 0.3) is 0 Å². The lowest BCUT2D eigenvalue weighted by atomic mass is 9.89. The Kier molecular flexibility index (Phi) is 4.69. The van der Waals surface area contributed by atoms with Gasteiger partial charge < -0.3 is 4.90 Å². The Labute approximate surface area is 127 Å². The van der Waals surface area contributed by atoms with Gasteiger partial charge in [0.15, 0.2) is 5.54 Å². The van der Waals surface area contributed by atoms with E-state index in [1.54, 1.807) is 11.8 Å². The van der Waals surface area contributed by atoms with Crippen molar-refractivity contribution in [3.63, 3.8) is 0 Å². The van der Waals surface area contributed by atoms with Crippen molar-refractivity contribution in [2.75, 3.05) is 13.1 Å². The Morgan fingerprint density at radius 3 is 2.71 bits per heavy atom. The summed E-state index contributed by atoms with van der Waals surface area (Å²) in [4.78, 5) is 33.1. The van der Waals surface area contributed by atoms with Gasteiger partial charge in [0.25, 0.3) is 5.91 Å². The molecule has 2 aliphatic heterocycles. The zero-order valence-electron chi connectivity index (χ0n) is 13.7. The van der Waals surface area contributed by atoms with E-state index >= 15 is 0 Å². The van der Waals surface area contributed by atoms with Crippen LogP contribution in [0.4, 0.5) is 0 Å². The summed E-state index contributed by atoms with van der Waals surface area (Å²) in [6.07, 6.45) is 4.59. The maximum absolute atomic E-state index is 12.9. The smallest absolute Gasteiger partial charge is 0.257 e. The molecule has 118 valence electrons. The second kappa shape index (κ2) is 6.16. The molecule has 0 saturated carbocycles. The SMILES string of the molecule is CCCCC1=NC2(CCCN(C(C)=O)C2)C(=O)N1C(C)C. The van der Waals surface area contributed by atoms with Gasteiger partial charge in [0.2, 0.25) is 5.91 Å². The number of nitrogens with zero attached hydrogens (tertiary/aromatic N) is 3. The zero-order valence-corrected chi connectivity index (χ0v) is 13.7. The number of carbonyl (C=O) groups is 2. The summed E-state index contributed by atoms with van der Waals surface area (Å²) in [6.45, 7) is 8.96. The summed E-state index contributed by atoms with van der Waals surface area (Å²) < 4.78 is 0. The van der Waals surface area contributed by atoms with E-state index in [-0.39, 0.29) is 17.9 Å². The van der Waals surface area contributed by atoms with Gasteiger partial charge in [0.1, 0.15) is 5.84 Å². The molecular formula is C16H27N3O2. The number of rotatable bonds is 4. The van der Waals surface area contributed by atoms with Gasteiger partial charge in [-0.05, 0) is 33.1 Å². The number of piperidine rings is 1. The summed E-state index contributed by atoms with van der Waals surface area (Å²) in [6, 6.07) is 0.125. The van der Waals surface area contributed by atoms with Crippen LogP contribution in [-0.4, -0.2) is 52.1 Å². The Hall–Kier alpha value is -1.39. The Morgan fingerprint density at radius 2 is 2.14 bits per heavy atom. The normalized spacial score (nSPS) is 26.0. The molecule has 0 radical (unpaired) electrons. The Morgan fingerprint density at radius 1 is 1.43 bits per heavy atom. The topological polar surface area (TPSA) is 53.0 Å². The number of carbonyl (C=O) groups excluding carboxylic acids is 2. The highest BCUT2D eigenvalue weighted by Crippen LogP contribution is 2.34. The molecule has 5 nitrogen and oxygen atoms in total.